The Morgan fingerprint density at radius 1 is 0.964 bits per heavy atom. The second-order valence-corrected chi connectivity index (χ2v) is 7.81. The van der Waals surface area contributed by atoms with Gasteiger partial charge in [-0.25, -0.2) is 15.0 Å². The van der Waals surface area contributed by atoms with E-state index in [9.17, 15) is 18.3 Å². The van der Waals surface area contributed by atoms with Gasteiger partial charge in [-0.3, -0.25) is 0 Å². The molecule has 0 unspecified atom stereocenters. The van der Waals surface area contributed by atoms with Gasteiger partial charge in [-0.2, -0.15) is 13.2 Å². The maximum atomic E-state index is 13.6. The van der Waals surface area contributed by atoms with Gasteiger partial charge in [-0.15, -0.1) is 0 Å². The summed E-state index contributed by atoms with van der Waals surface area (Å²) in [6, 6.07) is 1.58. The Labute approximate surface area is 161 Å². The van der Waals surface area contributed by atoms with E-state index in [1.807, 2.05) is 0 Å². The monoisotopic (exact) mass is 395 g/mol. The van der Waals surface area contributed by atoms with Crippen molar-refractivity contribution in [2.24, 2.45) is 5.92 Å². The van der Waals surface area contributed by atoms with Gasteiger partial charge in [0, 0.05) is 43.8 Å². The summed E-state index contributed by atoms with van der Waals surface area (Å²) in [7, 11) is 0. The van der Waals surface area contributed by atoms with Crippen molar-refractivity contribution in [2.75, 3.05) is 18.0 Å². The zero-order valence-corrected chi connectivity index (χ0v) is 15.4. The van der Waals surface area contributed by atoms with Crippen molar-refractivity contribution in [3.63, 3.8) is 0 Å². The Morgan fingerprint density at radius 2 is 1.68 bits per heavy atom. The van der Waals surface area contributed by atoms with Crippen molar-refractivity contribution >= 4 is 16.9 Å². The van der Waals surface area contributed by atoms with E-state index in [0.717, 1.165) is 12.8 Å². The molecule has 0 aromatic carbocycles. The number of rotatable bonds is 3. The molecular formula is C19H24F3N5O. The molecule has 1 saturated heterocycles. The molecule has 2 aliphatic rings. The first kappa shape index (κ1) is 19.3. The SMILES string of the molecule is OC1CCC(N[C@H]2C[C@@H](C(F)(F)F)CN(c3ccnc4nccnc34)C2)CC1. The summed E-state index contributed by atoms with van der Waals surface area (Å²) in [5.74, 6) is -1.41. The maximum Gasteiger partial charge on any atom is 0.393 e. The quantitative estimate of drug-likeness (QED) is 0.833. The van der Waals surface area contributed by atoms with Gasteiger partial charge >= 0.3 is 6.18 Å². The third-order valence-corrected chi connectivity index (χ3v) is 5.77. The Bertz CT molecular complexity index is 804. The van der Waals surface area contributed by atoms with E-state index in [-0.39, 0.29) is 31.2 Å². The van der Waals surface area contributed by atoms with Gasteiger partial charge in [-0.1, -0.05) is 0 Å². The molecule has 0 radical (unpaired) electrons. The second kappa shape index (κ2) is 7.79. The van der Waals surface area contributed by atoms with Crippen LogP contribution in [-0.2, 0) is 0 Å². The Hall–Kier alpha value is -2.00. The van der Waals surface area contributed by atoms with Crippen LogP contribution in [0.25, 0.3) is 11.2 Å². The van der Waals surface area contributed by atoms with Crippen molar-refractivity contribution in [1.82, 2.24) is 20.3 Å². The summed E-state index contributed by atoms with van der Waals surface area (Å²) in [5, 5.41) is 13.1. The molecule has 0 bridgehead atoms. The minimum Gasteiger partial charge on any atom is -0.393 e. The Kier molecular flexibility index (Phi) is 5.37. The maximum absolute atomic E-state index is 13.6. The summed E-state index contributed by atoms with van der Waals surface area (Å²) < 4.78 is 40.9. The minimum absolute atomic E-state index is 0.0632. The molecule has 4 rings (SSSR count). The van der Waals surface area contributed by atoms with Gasteiger partial charge in [0.05, 0.1) is 17.7 Å². The number of alkyl halides is 3. The number of hydrogen-bond donors (Lipinski definition) is 2. The largest absolute Gasteiger partial charge is 0.393 e. The number of pyridine rings is 1. The highest BCUT2D eigenvalue weighted by Gasteiger charge is 2.45. The zero-order chi connectivity index (χ0) is 19.7. The summed E-state index contributed by atoms with van der Waals surface area (Å²) >= 11 is 0. The van der Waals surface area contributed by atoms with Crippen LogP contribution in [0.4, 0.5) is 18.9 Å². The molecule has 9 heteroatoms. The van der Waals surface area contributed by atoms with Crippen LogP contribution in [0.1, 0.15) is 32.1 Å². The highest BCUT2D eigenvalue weighted by atomic mass is 19.4. The van der Waals surface area contributed by atoms with Crippen molar-refractivity contribution < 1.29 is 18.3 Å². The molecule has 2 fully saturated rings. The number of piperidine rings is 1. The number of aliphatic hydroxyl groups excluding tert-OH is 1. The smallest absolute Gasteiger partial charge is 0.393 e. The molecule has 3 heterocycles. The Balaban J connectivity index is 1.57. The zero-order valence-electron chi connectivity index (χ0n) is 15.4. The van der Waals surface area contributed by atoms with Crippen LogP contribution in [0.5, 0.6) is 0 Å². The van der Waals surface area contributed by atoms with Gasteiger partial charge in [0.2, 0.25) is 0 Å². The number of nitrogens with zero attached hydrogens (tertiary/aromatic N) is 4. The van der Waals surface area contributed by atoms with E-state index in [2.05, 4.69) is 20.3 Å². The second-order valence-electron chi connectivity index (χ2n) is 7.81. The number of fused-ring (bicyclic) bond motifs is 1. The van der Waals surface area contributed by atoms with Gasteiger partial charge in [-0.05, 0) is 38.2 Å². The van der Waals surface area contributed by atoms with Gasteiger partial charge in [0.15, 0.2) is 5.65 Å². The summed E-state index contributed by atoms with van der Waals surface area (Å²) in [4.78, 5) is 14.4. The fraction of sp³-hybridized carbons (Fsp3) is 0.632. The molecular weight excluding hydrogens is 371 g/mol. The van der Waals surface area contributed by atoms with Crippen LogP contribution in [0.3, 0.4) is 0 Å². The van der Waals surface area contributed by atoms with Crippen LogP contribution >= 0.6 is 0 Å². The lowest BCUT2D eigenvalue weighted by Crippen LogP contribution is -2.55. The molecule has 1 saturated carbocycles. The van der Waals surface area contributed by atoms with Crippen molar-refractivity contribution in [3.05, 3.63) is 24.7 Å². The lowest BCUT2D eigenvalue weighted by Gasteiger charge is -2.42. The average Bonchev–Trinajstić information content (AvgIpc) is 2.68. The predicted molar refractivity (Wildman–Crippen MR) is 98.9 cm³/mol. The number of halogens is 3. The van der Waals surface area contributed by atoms with E-state index >= 15 is 0 Å². The molecule has 2 N–H and O–H groups in total. The summed E-state index contributed by atoms with van der Waals surface area (Å²) in [5.41, 5.74) is 1.59. The molecule has 2 aromatic heterocycles. The van der Waals surface area contributed by atoms with Crippen molar-refractivity contribution in [3.8, 4) is 0 Å². The fourth-order valence-corrected chi connectivity index (χ4v) is 4.35. The van der Waals surface area contributed by atoms with E-state index in [4.69, 9.17) is 0 Å². The molecule has 0 amide bonds. The first-order valence-corrected chi connectivity index (χ1v) is 9.71. The van der Waals surface area contributed by atoms with E-state index in [1.165, 1.54) is 12.4 Å². The summed E-state index contributed by atoms with van der Waals surface area (Å²) in [6.07, 6.45) is 3.11. The number of nitrogens with one attached hydrogen (secondary N) is 1. The molecule has 0 spiro atoms. The lowest BCUT2D eigenvalue weighted by atomic mass is 9.89. The van der Waals surface area contributed by atoms with Crippen molar-refractivity contribution in [1.29, 1.82) is 0 Å². The highest BCUT2D eigenvalue weighted by Crippen LogP contribution is 2.36. The standard InChI is InChI=1S/C19H24F3N5O/c20-19(21,22)12-9-14(26-13-1-3-15(28)4-2-13)11-27(10-12)16-5-6-24-18-17(16)23-7-8-25-18/h5-8,12-15,26,28H,1-4,9-11H2/t12-,13?,14+,15?/m1/s1. The number of aliphatic hydroxyl groups is 1. The topological polar surface area (TPSA) is 74.2 Å². The van der Waals surface area contributed by atoms with E-state index in [1.54, 1.807) is 17.2 Å². The van der Waals surface area contributed by atoms with Gasteiger partial charge in [0.25, 0.3) is 0 Å². The van der Waals surface area contributed by atoms with Crippen LogP contribution < -0.4 is 10.2 Å². The molecule has 28 heavy (non-hydrogen) atoms. The number of anilines is 1. The predicted octanol–water partition coefficient (Wildman–Crippen LogP) is 2.68. The number of aromatic nitrogens is 3. The third-order valence-electron chi connectivity index (χ3n) is 5.77. The molecule has 2 atom stereocenters. The molecule has 1 aliphatic carbocycles. The van der Waals surface area contributed by atoms with Crippen LogP contribution in [0.2, 0.25) is 0 Å². The van der Waals surface area contributed by atoms with Crippen LogP contribution in [0, 0.1) is 5.92 Å². The molecule has 152 valence electrons. The first-order chi connectivity index (χ1) is 13.4. The van der Waals surface area contributed by atoms with Gasteiger partial charge < -0.3 is 15.3 Å². The van der Waals surface area contributed by atoms with E-state index < -0.39 is 12.1 Å². The van der Waals surface area contributed by atoms with Crippen LogP contribution in [0.15, 0.2) is 24.7 Å². The fourth-order valence-electron chi connectivity index (χ4n) is 4.35. The Morgan fingerprint density at radius 3 is 2.43 bits per heavy atom. The van der Waals surface area contributed by atoms with E-state index in [0.29, 0.717) is 36.2 Å². The molecule has 6 nitrogen and oxygen atoms in total. The van der Waals surface area contributed by atoms with Crippen LogP contribution in [-0.4, -0.2) is 57.5 Å². The lowest BCUT2D eigenvalue weighted by molar-refractivity contribution is -0.177. The van der Waals surface area contributed by atoms with Crippen molar-refractivity contribution in [2.45, 2.75) is 56.5 Å². The molecule has 1 aliphatic heterocycles. The first-order valence-electron chi connectivity index (χ1n) is 9.71. The molecule has 2 aromatic rings. The summed E-state index contributed by atoms with van der Waals surface area (Å²) in [6.45, 7) is 0.377. The minimum atomic E-state index is -4.25. The average molecular weight is 395 g/mol. The third kappa shape index (κ3) is 4.20. The van der Waals surface area contributed by atoms with Gasteiger partial charge in [0.1, 0.15) is 5.52 Å². The normalized spacial score (nSPS) is 29.2. The highest BCUT2D eigenvalue weighted by molar-refractivity contribution is 5.85. The number of hydrogen-bond acceptors (Lipinski definition) is 6.